The van der Waals surface area contributed by atoms with E-state index < -0.39 is 0 Å². The number of nitrogens with one attached hydrogen (secondary N) is 1. The molecule has 126 valence electrons. The van der Waals surface area contributed by atoms with Crippen molar-refractivity contribution in [3.05, 3.63) is 70.8 Å². The van der Waals surface area contributed by atoms with E-state index in [1.807, 2.05) is 31.2 Å². The highest BCUT2D eigenvalue weighted by molar-refractivity contribution is 5.94. The van der Waals surface area contributed by atoms with Crippen LogP contribution in [0.4, 0.5) is 0 Å². The molecule has 0 bridgehead atoms. The maximum atomic E-state index is 12.5. The monoisotopic (exact) mass is 321 g/mol. The first-order chi connectivity index (χ1) is 11.6. The van der Waals surface area contributed by atoms with Crippen LogP contribution in [0.25, 0.3) is 0 Å². The zero-order valence-electron chi connectivity index (χ0n) is 14.8. The standard InChI is InChI=1S/C22H27NO/c1-17-6-10-19(11-7-17)21(24)23-16-22(14-4-3-5-15-22)20-12-8-18(2)9-13-20/h6-13H,3-5,14-16H2,1-2H3,(H,23,24). The van der Waals surface area contributed by atoms with Crippen molar-refractivity contribution in [1.29, 1.82) is 0 Å². The van der Waals surface area contributed by atoms with Crippen molar-refractivity contribution in [3.8, 4) is 0 Å². The van der Waals surface area contributed by atoms with Gasteiger partial charge in [0.05, 0.1) is 0 Å². The molecule has 1 saturated carbocycles. The van der Waals surface area contributed by atoms with Gasteiger partial charge in [0.1, 0.15) is 0 Å². The molecule has 2 aromatic carbocycles. The Morgan fingerprint density at radius 2 is 1.42 bits per heavy atom. The lowest BCUT2D eigenvalue weighted by atomic mass is 9.69. The average Bonchev–Trinajstić information content (AvgIpc) is 2.62. The number of rotatable bonds is 4. The Balaban J connectivity index is 1.76. The average molecular weight is 321 g/mol. The first-order valence-electron chi connectivity index (χ1n) is 9.01. The van der Waals surface area contributed by atoms with Crippen molar-refractivity contribution in [2.75, 3.05) is 6.54 Å². The fourth-order valence-corrected chi connectivity index (χ4v) is 3.76. The number of hydrogen-bond donors (Lipinski definition) is 1. The summed E-state index contributed by atoms with van der Waals surface area (Å²) in [6, 6.07) is 16.7. The lowest BCUT2D eigenvalue weighted by Gasteiger charge is -2.38. The topological polar surface area (TPSA) is 29.1 Å². The summed E-state index contributed by atoms with van der Waals surface area (Å²) >= 11 is 0. The van der Waals surface area contributed by atoms with Gasteiger partial charge in [-0.2, -0.15) is 0 Å². The van der Waals surface area contributed by atoms with E-state index in [1.165, 1.54) is 36.0 Å². The van der Waals surface area contributed by atoms with E-state index >= 15 is 0 Å². The van der Waals surface area contributed by atoms with Crippen LogP contribution < -0.4 is 5.32 Å². The van der Waals surface area contributed by atoms with Gasteiger partial charge in [0.2, 0.25) is 0 Å². The molecule has 0 aliphatic heterocycles. The number of hydrogen-bond acceptors (Lipinski definition) is 1. The second kappa shape index (κ2) is 7.21. The highest BCUT2D eigenvalue weighted by Crippen LogP contribution is 2.39. The normalized spacial score (nSPS) is 16.6. The van der Waals surface area contributed by atoms with Gasteiger partial charge in [0, 0.05) is 17.5 Å². The number of benzene rings is 2. The second-order valence-corrected chi connectivity index (χ2v) is 7.26. The Kier molecular flexibility index (Phi) is 5.03. The lowest BCUT2D eigenvalue weighted by molar-refractivity contribution is 0.0936. The van der Waals surface area contributed by atoms with Gasteiger partial charge < -0.3 is 5.32 Å². The van der Waals surface area contributed by atoms with Gasteiger partial charge in [0.15, 0.2) is 0 Å². The van der Waals surface area contributed by atoms with Crippen LogP contribution in [0.1, 0.15) is 59.2 Å². The molecule has 0 aromatic heterocycles. The van der Waals surface area contributed by atoms with Crippen LogP contribution in [0.2, 0.25) is 0 Å². The molecule has 3 rings (SSSR count). The van der Waals surface area contributed by atoms with Crippen molar-refractivity contribution in [2.24, 2.45) is 0 Å². The molecule has 0 spiro atoms. The van der Waals surface area contributed by atoms with Crippen LogP contribution >= 0.6 is 0 Å². The third kappa shape index (κ3) is 3.69. The number of carbonyl (C=O) groups is 1. The minimum absolute atomic E-state index is 0.0343. The molecule has 2 nitrogen and oxygen atoms in total. The summed E-state index contributed by atoms with van der Waals surface area (Å²) in [6.07, 6.45) is 6.11. The van der Waals surface area contributed by atoms with Crippen molar-refractivity contribution in [2.45, 2.75) is 51.4 Å². The van der Waals surface area contributed by atoms with Gasteiger partial charge in [-0.3, -0.25) is 4.79 Å². The quantitative estimate of drug-likeness (QED) is 0.849. The Morgan fingerprint density at radius 3 is 2.00 bits per heavy atom. The van der Waals surface area contributed by atoms with E-state index in [-0.39, 0.29) is 11.3 Å². The Morgan fingerprint density at radius 1 is 0.875 bits per heavy atom. The maximum absolute atomic E-state index is 12.5. The summed E-state index contributed by atoms with van der Waals surface area (Å²) < 4.78 is 0. The van der Waals surface area contributed by atoms with E-state index in [0.29, 0.717) is 0 Å². The SMILES string of the molecule is Cc1ccc(C(=O)NCC2(c3ccc(C)cc3)CCCCC2)cc1. The Bertz CT molecular complexity index is 679. The second-order valence-electron chi connectivity index (χ2n) is 7.26. The van der Waals surface area contributed by atoms with E-state index in [2.05, 4.69) is 36.5 Å². The molecule has 0 radical (unpaired) electrons. The minimum Gasteiger partial charge on any atom is -0.351 e. The summed E-state index contributed by atoms with van der Waals surface area (Å²) in [4.78, 5) is 12.5. The third-order valence-electron chi connectivity index (χ3n) is 5.38. The highest BCUT2D eigenvalue weighted by atomic mass is 16.1. The van der Waals surface area contributed by atoms with Gasteiger partial charge in [-0.1, -0.05) is 66.8 Å². The van der Waals surface area contributed by atoms with Crippen LogP contribution in [0.5, 0.6) is 0 Å². The van der Waals surface area contributed by atoms with E-state index in [4.69, 9.17) is 0 Å². The van der Waals surface area contributed by atoms with Crippen LogP contribution in [0.3, 0.4) is 0 Å². The molecule has 0 heterocycles. The largest absolute Gasteiger partial charge is 0.351 e. The molecule has 2 heteroatoms. The zero-order chi connectivity index (χ0) is 17.0. The van der Waals surface area contributed by atoms with Crippen molar-refractivity contribution < 1.29 is 4.79 Å². The van der Waals surface area contributed by atoms with Crippen LogP contribution in [0, 0.1) is 13.8 Å². The molecular formula is C22H27NO. The predicted molar refractivity (Wildman–Crippen MR) is 99.5 cm³/mol. The van der Waals surface area contributed by atoms with Crippen molar-refractivity contribution in [3.63, 3.8) is 0 Å². The molecule has 0 unspecified atom stereocenters. The zero-order valence-corrected chi connectivity index (χ0v) is 14.8. The highest BCUT2D eigenvalue weighted by Gasteiger charge is 2.34. The van der Waals surface area contributed by atoms with Crippen molar-refractivity contribution >= 4 is 5.91 Å². The molecular weight excluding hydrogens is 294 g/mol. The summed E-state index contributed by atoms with van der Waals surface area (Å²) in [6.45, 7) is 4.88. The fourth-order valence-electron chi connectivity index (χ4n) is 3.76. The summed E-state index contributed by atoms with van der Waals surface area (Å²) in [7, 11) is 0. The lowest BCUT2D eigenvalue weighted by Crippen LogP contribution is -2.42. The molecule has 1 N–H and O–H groups in total. The summed E-state index contributed by atoms with van der Waals surface area (Å²) in [5, 5.41) is 3.20. The van der Waals surface area contributed by atoms with E-state index in [9.17, 15) is 4.79 Å². The first kappa shape index (κ1) is 16.8. The molecule has 2 aromatic rings. The number of carbonyl (C=O) groups excluding carboxylic acids is 1. The maximum Gasteiger partial charge on any atom is 0.251 e. The Hall–Kier alpha value is -2.09. The smallest absolute Gasteiger partial charge is 0.251 e. The molecule has 1 aliphatic carbocycles. The summed E-state index contributed by atoms with van der Waals surface area (Å²) in [5.41, 5.74) is 4.67. The molecule has 0 saturated heterocycles. The van der Waals surface area contributed by atoms with Gasteiger partial charge in [-0.25, -0.2) is 0 Å². The third-order valence-corrected chi connectivity index (χ3v) is 5.38. The van der Waals surface area contributed by atoms with Crippen LogP contribution in [-0.4, -0.2) is 12.5 Å². The molecule has 24 heavy (non-hydrogen) atoms. The van der Waals surface area contributed by atoms with Gasteiger partial charge in [0.25, 0.3) is 5.91 Å². The first-order valence-corrected chi connectivity index (χ1v) is 9.01. The number of aryl methyl sites for hydroxylation is 2. The molecule has 1 aliphatic rings. The Labute approximate surface area is 145 Å². The van der Waals surface area contributed by atoms with Gasteiger partial charge in [-0.05, 0) is 44.4 Å². The van der Waals surface area contributed by atoms with Crippen molar-refractivity contribution in [1.82, 2.24) is 5.32 Å². The van der Waals surface area contributed by atoms with E-state index in [1.54, 1.807) is 0 Å². The molecule has 1 fully saturated rings. The predicted octanol–water partition coefficient (Wildman–Crippen LogP) is 4.94. The fraction of sp³-hybridized carbons (Fsp3) is 0.409. The summed E-state index contributed by atoms with van der Waals surface area (Å²) in [5.74, 6) is 0.0343. The van der Waals surface area contributed by atoms with Crippen LogP contribution in [0.15, 0.2) is 48.5 Å². The van der Waals surface area contributed by atoms with E-state index in [0.717, 1.165) is 24.9 Å². The van der Waals surface area contributed by atoms with Crippen LogP contribution in [-0.2, 0) is 5.41 Å². The van der Waals surface area contributed by atoms with Gasteiger partial charge in [-0.15, -0.1) is 0 Å². The number of amides is 1. The molecule has 1 amide bonds. The van der Waals surface area contributed by atoms with Gasteiger partial charge >= 0.3 is 0 Å². The minimum atomic E-state index is 0.0343. The molecule has 0 atom stereocenters.